The number of phenolic OH excluding ortho intramolecular Hbond substituents is 1. The van der Waals surface area contributed by atoms with E-state index in [0.717, 1.165) is 5.56 Å². The van der Waals surface area contributed by atoms with Crippen molar-refractivity contribution in [1.82, 2.24) is 4.90 Å². The Morgan fingerprint density at radius 2 is 1.76 bits per heavy atom. The van der Waals surface area contributed by atoms with Crippen molar-refractivity contribution in [3.05, 3.63) is 28.8 Å². The third-order valence-electron chi connectivity index (χ3n) is 8.35. The van der Waals surface area contributed by atoms with E-state index in [1.807, 2.05) is 6.92 Å². The molecule has 0 aliphatic heterocycles. The van der Waals surface area contributed by atoms with Crippen LogP contribution in [-0.4, -0.2) is 69.9 Å². The minimum atomic E-state index is -2.77. The van der Waals surface area contributed by atoms with Crippen LogP contribution in [0.25, 0.3) is 0 Å². The van der Waals surface area contributed by atoms with Gasteiger partial charge in [0.05, 0.1) is 17.5 Å². The number of aromatic hydroxyl groups is 1. The second kappa shape index (κ2) is 7.29. The van der Waals surface area contributed by atoms with Gasteiger partial charge in [-0.3, -0.25) is 28.9 Å². The number of ketones is 4. The van der Waals surface area contributed by atoms with Gasteiger partial charge in [0.2, 0.25) is 5.91 Å². The number of carbonyl (C=O) groups is 5. The summed E-state index contributed by atoms with van der Waals surface area (Å²) in [5.74, 6) is -8.69. The van der Waals surface area contributed by atoms with Gasteiger partial charge in [-0.1, -0.05) is 26.8 Å². The fraction of sp³-hybridized carbons (Fsp3) is 0.560. The zero-order valence-corrected chi connectivity index (χ0v) is 20.0. The van der Waals surface area contributed by atoms with E-state index in [1.54, 1.807) is 27.1 Å². The number of aryl methyl sites for hydroxylation is 1. The number of aliphatic hydroxyl groups is 1. The highest BCUT2D eigenvalue weighted by atomic mass is 16.3. The van der Waals surface area contributed by atoms with Crippen LogP contribution in [0.2, 0.25) is 0 Å². The Labute approximate surface area is 197 Å². The van der Waals surface area contributed by atoms with Crippen LogP contribution in [-0.2, 0) is 32.0 Å². The number of benzene rings is 1. The van der Waals surface area contributed by atoms with Gasteiger partial charge in [-0.25, -0.2) is 0 Å². The summed E-state index contributed by atoms with van der Waals surface area (Å²) in [5, 5.41) is 22.3. The van der Waals surface area contributed by atoms with Crippen molar-refractivity contribution < 1.29 is 34.2 Å². The van der Waals surface area contributed by atoms with Gasteiger partial charge in [0.15, 0.2) is 34.7 Å². The third-order valence-corrected chi connectivity index (χ3v) is 8.35. The number of amides is 1. The molecule has 9 nitrogen and oxygen atoms in total. The number of fused-ring (bicyclic) bond motifs is 3. The number of carbonyl (C=O) groups excluding carboxylic acids is 5. The Morgan fingerprint density at radius 3 is 2.29 bits per heavy atom. The van der Waals surface area contributed by atoms with Crippen molar-refractivity contribution in [2.75, 3.05) is 14.1 Å². The molecular formula is C25H30N2O7. The molecule has 0 radical (unpaired) electrons. The average molecular weight is 471 g/mol. The van der Waals surface area contributed by atoms with Crippen LogP contribution >= 0.6 is 0 Å². The summed E-state index contributed by atoms with van der Waals surface area (Å²) in [7, 11) is 3.13. The minimum absolute atomic E-state index is 0.0112. The van der Waals surface area contributed by atoms with E-state index in [-0.39, 0.29) is 24.2 Å². The predicted octanol–water partition coefficient (Wildman–Crippen LogP) is 0.210. The largest absolute Gasteiger partial charge is 0.507 e. The fourth-order valence-electron chi connectivity index (χ4n) is 7.11. The molecule has 2 saturated carbocycles. The third kappa shape index (κ3) is 2.71. The van der Waals surface area contributed by atoms with Crippen molar-refractivity contribution in [3.63, 3.8) is 0 Å². The molecule has 4 N–H and O–H groups in total. The van der Waals surface area contributed by atoms with Gasteiger partial charge in [0, 0.05) is 5.41 Å². The first-order valence-corrected chi connectivity index (χ1v) is 11.4. The molecule has 3 aliphatic carbocycles. The second-order valence-corrected chi connectivity index (χ2v) is 10.7. The topological polar surface area (TPSA) is 155 Å². The zero-order chi connectivity index (χ0) is 25.5. The van der Waals surface area contributed by atoms with Gasteiger partial charge in [0.1, 0.15) is 5.75 Å². The first kappa shape index (κ1) is 24.2. The first-order chi connectivity index (χ1) is 15.7. The molecule has 34 heavy (non-hydrogen) atoms. The summed E-state index contributed by atoms with van der Waals surface area (Å²) in [5.41, 5.74) is 1.46. The summed E-state index contributed by atoms with van der Waals surface area (Å²) in [6, 6.07) is 1.97. The van der Waals surface area contributed by atoms with Crippen LogP contribution < -0.4 is 5.73 Å². The van der Waals surface area contributed by atoms with Gasteiger partial charge in [-0.2, -0.15) is 0 Å². The predicted molar refractivity (Wildman–Crippen MR) is 120 cm³/mol. The summed E-state index contributed by atoms with van der Waals surface area (Å²) in [4.78, 5) is 68.1. The monoisotopic (exact) mass is 470 g/mol. The summed E-state index contributed by atoms with van der Waals surface area (Å²) in [6.45, 7) is 5.15. The Morgan fingerprint density at radius 1 is 1.15 bits per heavy atom. The molecule has 9 heteroatoms. The van der Waals surface area contributed by atoms with Crippen LogP contribution in [0.5, 0.6) is 5.75 Å². The molecule has 182 valence electrons. The quantitative estimate of drug-likeness (QED) is 0.530. The molecule has 1 aromatic carbocycles. The van der Waals surface area contributed by atoms with E-state index in [2.05, 4.69) is 0 Å². The van der Waals surface area contributed by atoms with Crippen molar-refractivity contribution >= 4 is 29.0 Å². The molecule has 2 unspecified atom stereocenters. The Bertz CT molecular complexity index is 1170. The van der Waals surface area contributed by atoms with E-state index in [4.69, 9.17) is 5.73 Å². The van der Waals surface area contributed by atoms with E-state index in [9.17, 15) is 34.2 Å². The smallest absolute Gasteiger partial charge is 0.235 e. The van der Waals surface area contributed by atoms with E-state index >= 15 is 0 Å². The molecular weight excluding hydrogens is 440 g/mol. The number of nitrogens with zero attached hydrogens (tertiary/aromatic N) is 1. The lowest BCUT2D eigenvalue weighted by atomic mass is 9.42. The van der Waals surface area contributed by atoms with Gasteiger partial charge >= 0.3 is 0 Å². The zero-order valence-electron chi connectivity index (χ0n) is 20.0. The first-order valence-electron chi connectivity index (χ1n) is 11.4. The summed E-state index contributed by atoms with van der Waals surface area (Å²) >= 11 is 0. The maximum atomic E-state index is 14.0. The Hall–Kier alpha value is -2.91. The maximum Gasteiger partial charge on any atom is 0.235 e. The number of nitrogens with two attached hydrogens (primary N) is 1. The number of likely N-dealkylation sites (N-methyl/N-ethyl adjacent to an activating group) is 1. The molecule has 0 spiro atoms. The molecule has 4 rings (SSSR count). The number of phenols is 1. The molecule has 0 saturated heterocycles. The van der Waals surface area contributed by atoms with Crippen molar-refractivity contribution in [3.8, 4) is 5.75 Å². The summed E-state index contributed by atoms with van der Waals surface area (Å²) in [6.07, 6.45) is 0.835. The maximum absolute atomic E-state index is 14.0. The Balaban J connectivity index is 1.99. The lowest BCUT2D eigenvalue weighted by Crippen LogP contribution is -2.79. The minimum Gasteiger partial charge on any atom is -0.507 e. The number of primary amides is 1. The lowest BCUT2D eigenvalue weighted by Gasteiger charge is -2.61. The highest BCUT2D eigenvalue weighted by molar-refractivity contribution is 6.33. The summed E-state index contributed by atoms with van der Waals surface area (Å²) < 4.78 is 0. The molecule has 0 heterocycles. The number of hydrogen-bond acceptors (Lipinski definition) is 8. The van der Waals surface area contributed by atoms with Crippen LogP contribution in [0, 0.1) is 22.7 Å². The van der Waals surface area contributed by atoms with Crippen LogP contribution in [0.4, 0.5) is 0 Å². The van der Waals surface area contributed by atoms with Gasteiger partial charge < -0.3 is 15.9 Å². The molecule has 6 atom stereocenters. The highest BCUT2D eigenvalue weighted by Gasteiger charge is 2.76. The molecule has 0 aromatic heterocycles. The number of hydrogen-bond donors (Lipinski definition) is 3. The van der Waals surface area contributed by atoms with Gasteiger partial charge in [-0.05, 0) is 56.0 Å². The van der Waals surface area contributed by atoms with Crippen molar-refractivity contribution in [2.24, 2.45) is 28.4 Å². The van der Waals surface area contributed by atoms with E-state index in [1.165, 1.54) is 17.9 Å². The van der Waals surface area contributed by atoms with Gasteiger partial charge in [0.25, 0.3) is 0 Å². The molecule has 1 amide bonds. The lowest BCUT2D eigenvalue weighted by molar-refractivity contribution is -0.203. The molecule has 3 aliphatic rings. The molecule has 0 bridgehead atoms. The van der Waals surface area contributed by atoms with Crippen molar-refractivity contribution in [1.29, 1.82) is 0 Å². The SMILES string of the molecule is CCc1ccc(O)c2c1C[C@@]1(C)C[C@@]3(C)[C@H](N(C)C)C(=O)C(C(N)=O)C(=O)[C@@]3(O)C(=O)C1C2=O. The van der Waals surface area contributed by atoms with Crippen LogP contribution in [0.15, 0.2) is 12.1 Å². The van der Waals surface area contributed by atoms with E-state index in [0.29, 0.717) is 12.0 Å². The standard InChI is InChI=1S/C25H30N2O7/c1-6-11-7-8-13(28)14-12(11)9-23(2)10-24(3)19(27(4)5)18(30)15(22(26)33)20(31)25(24,34)21(32)16(23)17(14)29/h7-8,15-16,19,28,34H,6,9-10H2,1-5H3,(H2,26,33)/t15?,16?,19-,23+,24+,25-/m1/s1. The number of Topliss-reactive ketones (excluding diaryl/α,β-unsaturated/α-hetero) is 4. The molecule has 1 aromatic rings. The van der Waals surface area contributed by atoms with Crippen LogP contribution in [0.1, 0.15) is 48.7 Å². The van der Waals surface area contributed by atoms with E-state index < -0.39 is 63.3 Å². The fourth-order valence-corrected chi connectivity index (χ4v) is 7.11. The average Bonchev–Trinajstić information content (AvgIpc) is 2.70. The van der Waals surface area contributed by atoms with Gasteiger partial charge in [-0.15, -0.1) is 0 Å². The van der Waals surface area contributed by atoms with Crippen LogP contribution in [0.3, 0.4) is 0 Å². The highest BCUT2D eigenvalue weighted by Crippen LogP contribution is 2.61. The van der Waals surface area contributed by atoms with Crippen molar-refractivity contribution in [2.45, 2.75) is 51.7 Å². The second-order valence-electron chi connectivity index (χ2n) is 10.7. The Kier molecular flexibility index (Phi) is 5.20. The number of rotatable bonds is 3. The normalized spacial score (nSPS) is 37.3. The molecule has 2 fully saturated rings.